The van der Waals surface area contributed by atoms with Crippen LogP contribution in [0, 0.1) is 0 Å². The second-order valence-electron chi connectivity index (χ2n) is 5.42. The highest BCUT2D eigenvalue weighted by Gasteiger charge is 2.27. The third-order valence-electron chi connectivity index (χ3n) is 4.12. The Bertz CT molecular complexity index is 733. The molecule has 2 aromatic carbocycles. The van der Waals surface area contributed by atoms with Crippen LogP contribution in [0.4, 0.5) is 0 Å². The lowest BCUT2D eigenvalue weighted by molar-refractivity contribution is 0.0330. The highest BCUT2D eigenvalue weighted by Crippen LogP contribution is 2.31. The molecule has 0 saturated carbocycles. The van der Waals surface area contributed by atoms with Crippen LogP contribution >= 0.6 is 0 Å². The summed E-state index contributed by atoms with van der Waals surface area (Å²) in [4.78, 5) is 4.39. The maximum Gasteiger partial charge on any atom is 0.0934 e. The van der Waals surface area contributed by atoms with E-state index < -0.39 is 5.60 Å². The van der Waals surface area contributed by atoms with Gasteiger partial charge in [0, 0.05) is 18.0 Å². The van der Waals surface area contributed by atoms with Crippen LogP contribution in [-0.4, -0.2) is 10.1 Å². The molecular formula is C19H19NO. The van der Waals surface area contributed by atoms with Gasteiger partial charge in [-0.2, -0.15) is 0 Å². The van der Waals surface area contributed by atoms with Gasteiger partial charge < -0.3 is 5.11 Å². The Balaban J connectivity index is 2.04. The summed E-state index contributed by atoms with van der Waals surface area (Å²) >= 11 is 0. The highest BCUT2D eigenvalue weighted by molar-refractivity contribution is 5.81. The van der Waals surface area contributed by atoms with Crippen LogP contribution < -0.4 is 0 Å². The Morgan fingerprint density at radius 2 is 1.67 bits per heavy atom. The van der Waals surface area contributed by atoms with E-state index in [0.29, 0.717) is 12.8 Å². The van der Waals surface area contributed by atoms with Crippen LogP contribution in [0.15, 0.2) is 66.9 Å². The number of para-hydroxylation sites is 1. The number of hydrogen-bond donors (Lipinski definition) is 1. The fraction of sp³-hybridized carbons (Fsp3) is 0.211. The van der Waals surface area contributed by atoms with E-state index in [0.717, 1.165) is 22.0 Å². The van der Waals surface area contributed by atoms with Crippen molar-refractivity contribution in [2.75, 3.05) is 0 Å². The first-order valence-corrected chi connectivity index (χ1v) is 7.33. The first-order chi connectivity index (χ1) is 10.2. The van der Waals surface area contributed by atoms with Crippen molar-refractivity contribution in [1.29, 1.82) is 0 Å². The van der Waals surface area contributed by atoms with Crippen molar-refractivity contribution in [2.45, 2.75) is 25.4 Å². The van der Waals surface area contributed by atoms with Crippen LogP contribution in [0.25, 0.3) is 10.9 Å². The third-order valence-corrected chi connectivity index (χ3v) is 4.12. The SMILES string of the molecule is CCC(O)(Cc1ccnc2ccccc12)c1ccccc1. The molecule has 0 saturated heterocycles. The monoisotopic (exact) mass is 277 g/mol. The van der Waals surface area contributed by atoms with Gasteiger partial charge in [-0.15, -0.1) is 0 Å². The number of hydrogen-bond acceptors (Lipinski definition) is 2. The van der Waals surface area contributed by atoms with Gasteiger partial charge in [-0.25, -0.2) is 0 Å². The van der Waals surface area contributed by atoms with Gasteiger partial charge in [-0.05, 0) is 29.7 Å². The predicted octanol–water partition coefficient (Wildman–Crippen LogP) is 4.08. The summed E-state index contributed by atoms with van der Waals surface area (Å²) in [5.41, 5.74) is 2.23. The number of benzene rings is 2. The van der Waals surface area contributed by atoms with Crippen LogP contribution in [0.2, 0.25) is 0 Å². The quantitative estimate of drug-likeness (QED) is 0.779. The summed E-state index contributed by atoms with van der Waals surface area (Å²) in [5, 5.41) is 12.2. The van der Waals surface area contributed by atoms with Crippen molar-refractivity contribution < 1.29 is 5.11 Å². The number of nitrogens with zero attached hydrogens (tertiary/aromatic N) is 1. The molecule has 3 rings (SSSR count). The summed E-state index contributed by atoms with van der Waals surface area (Å²) in [6.45, 7) is 2.02. The molecule has 21 heavy (non-hydrogen) atoms. The topological polar surface area (TPSA) is 33.1 Å². The molecule has 106 valence electrons. The first kappa shape index (κ1) is 13.8. The van der Waals surface area contributed by atoms with Crippen LogP contribution in [0.5, 0.6) is 0 Å². The Kier molecular flexibility index (Phi) is 3.72. The number of aliphatic hydroxyl groups is 1. The average Bonchev–Trinajstić information content (AvgIpc) is 2.56. The van der Waals surface area contributed by atoms with E-state index in [4.69, 9.17) is 0 Å². The lowest BCUT2D eigenvalue weighted by Gasteiger charge is -2.28. The Morgan fingerprint density at radius 3 is 2.43 bits per heavy atom. The molecule has 0 radical (unpaired) electrons. The summed E-state index contributed by atoms with van der Waals surface area (Å²) in [6.07, 6.45) is 3.09. The first-order valence-electron chi connectivity index (χ1n) is 7.33. The molecule has 1 N–H and O–H groups in total. The smallest absolute Gasteiger partial charge is 0.0934 e. The summed E-state index contributed by atoms with van der Waals surface area (Å²) in [5.74, 6) is 0. The number of aromatic nitrogens is 1. The van der Waals surface area contributed by atoms with Crippen molar-refractivity contribution in [1.82, 2.24) is 4.98 Å². The number of fused-ring (bicyclic) bond motifs is 1. The zero-order valence-electron chi connectivity index (χ0n) is 12.2. The molecule has 2 nitrogen and oxygen atoms in total. The molecule has 0 bridgehead atoms. The van der Waals surface area contributed by atoms with Crippen molar-refractivity contribution >= 4 is 10.9 Å². The average molecular weight is 277 g/mol. The molecule has 0 aliphatic heterocycles. The molecule has 1 aromatic heterocycles. The molecule has 0 spiro atoms. The zero-order chi connectivity index (χ0) is 14.7. The minimum Gasteiger partial charge on any atom is -0.385 e. The van der Waals surface area contributed by atoms with E-state index in [2.05, 4.69) is 11.1 Å². The maximum atomic E-state index is 11.1. The van der Waals surface area contributed by atoms with Crippen LogP contribution in [0.3, 0.4) is 0 Å². The van der Waals surface area contributed by atoms with Crippen LogP contribution in [-0.2, 0) is 12.0 Å². The Morgan fingerprint density at radius 1 is 0.952 bits per heavy atom. The number of rotatable bonds is 4. The summed E-state index contributed by atoms with van der Waals surface area (Å²) < 4.78 is 0. The van der Waals surface area contributed by atoms with Gasteiger partial charge in [0.15, 0.2) is 0 Å². The van der Waals surface area contributed by atoms with E-state index >= 15 is 0 Å². The van der Waals surface area contributed by atoms with Gasteiger partial charge in [-0.3, -0.25) is 4.98 Å². The third kappa shape index (κ3) is 2.67. The minimum absolute atomic E-state index is 0.594. The van der Waals surface area contributed by atoms with Gasteiger partial charge in [0.05, 0.1) is 11.1 Å². The molecule has 0 amide bonds. The molecule has 2 heteroatoms. The second-order valence-corrected chi connectivity index (χ2v) is 5.42. The molecule has 3 aromatic rings. The number of pyridine rings is 1. The van der Waals surface area contributed by atoms with Gasteiger partial charge in [0.2, 0.25) is 0 Å². The fourth-order valence-corrected chi connectivity index (χ4v) is 2.80. The summed E-state index contributed by atoms with van der Waals surface area (Å²) in [7, 11) is 0. The van der Waals surface area contributed by atoms with Crippen molar-refractivity contribution in [2.24, 2.45) is 0 Å². The lowest BCUT2D eigenvalue weighted by atomic mass is 9.84. The van der Waals surface area contributed by atoms with E-state index in [1.165, 1.54) is 0 Å². The second kappa shape index (κ2) is 5.66. The van der Waals surface area contributed by atoms with Gasteiger partial charge in [0.1, 0.15) is 0 Å². The Labute approximate surface area is 125 Å². The molecule has 1 atom stereocenters. The fourth-order valence-electron chi connectivity index (χ4n) is 2.80. The van der Waals surface area contributed by atoms with E-state index in [-0.39, 0.29) is 0 Å². The molecular weight excluding hydrogens is 258 g/mol. The highest BCUT2D eigenvalue weighted by atomic mass is 16.3. The van der Waals surface area contributed by atoms with Gasteiger partial charge in [-0.1, -0.05) is 55.5 Å². The standard InChI is InChI=1S/C19H19NO/c1-2-19(21,16-8-4-3-5-9-16)14-15-12-13-20-18-11-7-6-10-17(15)18/h3-13,21H,2,14H2,1H3. The van der Waals surface area contributed by atoms with Crippen molar-refractivity contribution in [3.8, 4) is 0 Å². The molecule has 1 heterocycles. The van der Waals surface area contributed by atoms with Crippen LogP contribution in [0.1, 0.15) is 24.5 Å². The lowest BCUT2D eigenvalue weighted by Crippen LogP contribution is -2.27. The molecule has 0 aliphatic rings. The van der Waals surface area contributed by atoms with E-state index in [9.17, 15) is 5.11 Å². The van der Waals surface area contributed by atoms with E-state index in [1.54, 1.807) is 0 Å². The Hall–Kier alpha value is -2.19. The maximum absolute atomic E-state index is 11.1. The predicted molar refractivity (Wildman–Crippen MR) is 86.1 cm³/mol. The van der Waals surface area contributed by atoms with Crippen molar-refractivity contribution in [3.05, 3.63) is 78.0 Å². The minimum atomic E-state index is -0.842. The van der Waals surface area contributed by atoms with Crippen molar-refractivity contribution in [3.63, 3.8) is 0 Å². The zero-order valence-corrected chi connectivity index (χ0v) is 12.2. The molecule has 1 unspecified atom stereocenters. The van der Waals surface area contributed by atoms with Gasteiger partial charge in [0.25, 0.3) is 0 Å². The summed E-state index contributed by atoms with van der Waals surface area (Å²) in [6, 6.07) is 20.0. The molecule has 0 fully saturated rings. The normalized spacial score (nSPS) is 14.0. The van der Waals surface area contributed by atoms with E-state index in [1.807, 2.05) is 67.7 Å². The van der Waals surface area contributed by atoms with Gasteiger partial charge >= 0.3 is 0 Å². The largest absolute Gasteiger partial charge is 0.385 e. The molecule has 0 aliphatic carbocycles.